The monoisotopic (exact) mass is 778 g/mol. The fraction of sp³-hybridized carbons (Fsp3) is 0. The van der Waals surface area contributed by atoms with Gasteiger partial charge in [0.1, 0.15) is 11.2 Å². The number of hydrogen-bond acceptors (Lipinski definition) is 2. The third-order valence-corrected chi connectivity index (χ3v) is 12.2. The second-order valence-electron chi connectivity index (χ2n) is 15.8. The molecule has 0 aliphatic heterocycles. The maximum absolute atomic E-state index is 6.38. The Morgan fingerprint density at radius 1 is 0.295 bits per heavy atom. The van der Waals surface area contributed by atoms with Crippen molar-refractivity contribution >= 4 is 71.6 Å². The summed E-state index contributed by atoms with van der Waals surface area (Å²) < 4.78 is 8.77. The van der Waals surface area contributed by atoms with Crippen LogP contribution in [0.1, 0.15) is 0 Å². The largest absolute Gasteiger partial charge is 0.456 e. The van der Waals surface area contributed by atoms with Crippen molar-refractivity contribution in [1.82, 2.24) is 4.57 Å². The average molecular weight is 779 g/mol. The summed E-state index contributed by atoms with van der Waals surface area (Å²) in [7, 11) is 0. The molecule has 0 bridgehead atoms. The predicted octanol–water partition coefficient (Wildman–Crippen LogP) is 16.3. The van der Waals surface area contributed by atoms with Crippen LogP contribution in [0.25, 0.3) is 93.6 Å². The lowest BCUT2D eigenvalue weighted by Gasteiger charge is -2.26. The van der Waals surface area contributed by atoms with Gasteiger partial charge in [-0.15, -0.1) is 0 Å². The molecule has 3 heteroatoms. The molecule has 0 radical (unpaired) electrons. The summed E-state index contributed by atoms with van der Waals surface area (Å²) in [4.78, 5) is 2.34. The normalized spacial score (nSPS) is 11.6. The van der Waals surface area contributed by atoms with E-state index in [0.717, 1.165) is 44.7 Å². The van der Waals surface area contributed by atoms with E-state index < -0.39 is 0 Å². The summed E-state index contributed by atoms with van der Waals surface area (Å²) in [6.07, 6.45) is 0. The number of benzene rings is 10. The molecule has 12 rings (SSSR count). The van der Waals surface area contributed by atoms with Crippen molar-refractivity contribution in [3.05, 3.63) is 231 Å². The van der Waals surface area contributed by atoms with Crippen LogP contribution in [-0.2, 0) is 0 Å². The van der Waals surface area contributed by atoms with Gasteiger partial charge < -0.3 is 13.9 Å². The van der Waals surface area contributed by atoms with Gasteiger partial charge in [0.05, 0.1) is 11.0 Å². The van der Waals surface area contributed by atoms with Crippen LogP contribution in [-0.4, -0.2) is 4.57 Å². The molecule has 0 aliphatic carbocycles. The third-order valence-electron chi connectivity index (χ3n) is 12.2. The van der Waals surface area contributed by atoms with Crippen LogP contribution in [0.5, 0.6) is 0 Å². The van der Waals surface area contributed by atoms with E-state index in [1.807, 2.05) is 0 Å². The zero-order valence-electron chi connectivity index (χ0n) is 33.2. The van der Waals surface area contributed by atoms with Crippen LogP contribution in [0.15, 0.2) is 235 Å². The van der Waals surface area contributed by atoms with E-state index in [2.05, 4.69) is 240 Å². The van der Waals surface area contributed by atoms with Gasteiger partial charge in [-0.2, -0.15) is 0 Å². The molecule has 0 unspecified atom stereocenters. The van der Waals surface area contributed by atoms with Gasteiger partial charge in [0.2, 0.25) is 0 Å². The van der Waals surface area contributed by atoms with Crippen molar-refractivity contribution in [3.63, 3.8) is 0 Å². The number of para-hydroxylation sites is 1. The Labute approximate surface area is 353 Å². The summed E-state index contributed by atoms with van der Waals surface area (Å²) in [5, 5.41) is 7.09. The summed E-state index contributed by atoms with van der Waals surface area (Å²) >= 11 is 0. The highest BCUT2D eigenvalue weighted by Gasteiger charge is 2.17. The molecule has 0 saturated carbocycles. The standard InChI is InChI=1S/C58H38N2O/c1-3-11-39(12-4-1)41-19-26-47(27-20-41)59(48-28-21-42(22-29-48)40-13-5-2-6-14-40)49-30-23-43(24-31-49)46-25-33-56-52(35-46)51-17-9-10-18-55(51)60(56)50-32-34-57-54(38-50)53-36-44-15-7-8-16-45(44)37-58(53)61-57/h1-38H. The Balaban J connectivity index is 0.924. The van der Waals surface area contributed by atoms with Gasteiger partial charge >= 0.3 is 0 Å². The average Bonchev–Trinajstić information content (AvgIpc) is 3.86. The molecule has 10 aromatic carbocycles. The Morgan fingerprint density at radius 2 is 0.770 bits per heavy atom. The molecule has 0 spiro atoms. The smallest absolute Gasteiger partial charge is 0.136 e. The van der Waals surface area contributed by atoms with Crippen molar-refractivity contribution in [2.75, 3.05) is 4.90 Å². The van der Waals surface area contributed by atoms with Crippen molar-refractivity contribution in [1.29, 1.82) is 0 Å². The van der Waals surface area contributed by atoms with Gasteiger partial charge in [0, 0.05) is 44.3 Å². The van der Waals surface area contributed by atoms with E-state index in [0.29, 0.717) is 0 Å². The topological polar surface area (TPSA) is 21.3 Å². The van der Waals surface area contributed by atoms with E-state index >= 15 is 0 Å². The first-order chi connectivity index (χ1) is 30.2. The number of hydrogen-bond donors (Lipinski definition) is 0. The molecular weight excluding hydrogens is 741 g/mol. The number of anilines is 3. The molecule has 12 aromatic rings. The number of nitrogens with zero attached hydrogens (tertiary/aromatic N) is 2. The van der Waals surface area contributed by atoms with Crippen LogP contribution < -0.4 is 4.90 Å². The Bertz CT molecular complexity index is 3460. The Kier molecular flexibility index (Phi) is 8.17. The van der Waals surface area contributed by atoms with Crippen molar-refractivity contribution < 1.29 is 4.42 Å². The minimum absolute atomic E-state index is 0.896. The second kappa shape index (κ2) is 14.3. The molecule has 0 N–H and O–H groups in total. The first kappa shape index (κ1) is 34.9. The Morgan fingerprint density at radius 3 is 1.39 bits per heavy atom. The van der Waals surface area contributed by atoms with Crippen molar-refractivity contribution in [2.24, 2.45) is 0 Å². The minimum atomic E-state index is 0.896. The van der Waals surface area contributed by atoms with Gasteiger partial charge in [-0.05, 0) is 129 Å². The third kappa shape index (κ3) is 6.06. The summed E-state index contributed by atoms with van der Waals surface area (Å²) in [6.45, 7) is 0. The number of furan rings is 1. The second-order valence-corrected chi connectivity index (χ2v) is 15.8. The highest BCUT2D eigenvalue weighted by molar-refractivity contribution is 6.13. The van der Waals surface area contributed by atoms with E-state index in [1.165, 1.54) is 66.0 Å². The summed E-state index contributed by atoms with van der Waals surface area (Å²) in [6, 6.07) is 82.9. The highest BCUT2D eigenvalue weighted by Crippen LogP contribution is 2.40. The number of aromatic nitrogens is 1. The number of rotatable bonds is 7. The van der Waals surface area contributed by atoms with Crippen LogP contribution in [0, 0.1) is 0 Å². The molecule has 0 fully saturated rings. The summed E-state index contributed by atoms with van der Waals surface area (Å²) in [5.74, 6) is 0. The lowest BCUT2D eigenvalue weighted by molar-refractivity contribution is 0.669. The fourth-order valence-corrected chi connectivity index (χ4v) is 9.14. The van der Waals surface area contributed by atoms with Gasteiger partial charge in [0.15, 0.2) is 0 Å². The fourth-order valence-electron chi connectivity index (χ4n) is 9.14. The van der Waals surface area contributed by atoms with Crippen LogP contribution in [0.3, 0.4) is 0 Å². The quantitative estimate of drug-likeness (QED) is 0.161. The van der Waals surface area contributed by atoms with Gasteiger partial charge in [-0.1, -0.05) is 146 Å². The number of fused-ring (bicyclic) bond motifs is 7. The zero-order chi connectivity index (χ0) is 40.3. The first-order valence-electron chi connectivity index (χ1n) is 20.8. The molecule has 2 heterocycles. The van der Waals surface area contributed by atoms with E-state index in [1.54, 1.807) is 0 Å². The van der Waals surface area contributed by atoms with Gasteiger partial charge in [-0.25, -0.2) is 0 Å². The van der Waals surface area contributed by atoms with E-state index in [-0.39, 0.29) is 0 Å². The zero-order valence-corrected chi connectivity index (χ0v) is 33.2. The maximum Gasteiger partial charge on any atom is 0.136 e. The molecular formula is C58H38N2O. The minimum Gasteiger partial charge on any atom is -0.456 e. The molecule has 61 heavy (non-hydrogen) atoms. The molecule has 0 atom stereocenters. The van der Waals surface area contributed by atoms with E-state index in [9.17, 15) is 0 Å². The van der Waals surface area contributed by atoms with Crippen LogP contribution in [0.2, 0.25) is 0 Å². The predicted molar refractivity (Wildman–Crippen MR) is 257 cm³/mol. The van der Waals surface area contributed by atoms with Gasteiger partial charge in [-0.3, -0.25) is 0 Å². The van der Waals surface area contributed by atoms with Crippen LogP contribution in [0.4, 0.5) is 17.1 Å². The molecule has 286 valence electrons. The maximum atomic E-state index is 6.38. The molecule has 0 saturated heterocycles. The SMILES string of the molecule is c1ccc(-c2ccc(N(c3ccc(-c4ccccc4)cc3)c3ccc(-c4ccc5c(c4)c4ccccc4n5-c4ccc5oc6cc7ccccc7cc6c5c4)cc3)cc2)cc1. The molecule has 0 aliphatic rings. The lowest BCUT2D eigenvalue weighted by atomic mass is 10.0. The van der Waals surface area contributed by atoms with Crippen LogP contribution >= 0.6 is 0 Å². The highest BCUT2D eigenvalue weighted by atomic mass is 16.3. The molecule has 3 nitrogen and oxygen atoms in total. The van der Waals surface area contributed by atoms with Crippen molar-refractivity contribution in [2.45, 2.75) is 0 Å². The lowest BCUT2D eigenvalue weighted by Crippen LogP contribution is -2.09. The molecule has 0 amide bonds. The Hall–Kier alpha value is -8.14. The van der Waals surface area contributed by atoms with E-state index in [4.69, 9.17) is 4.42 Å². The summed E-state index contributed by atoms with van der Waals surface area (Å²) in [5.41, 5.74) is 15.7. The van der Waals surface area contributed by atoms with Crippen molar-refractivity contribution in [3.8, 4) is 39.1 Å². The van der Waals surface area contributed by atoms with Gasteiger partial charge in [0.25, 0.3) is 0 Å². The molecule has 2 aromatic heterocycles. The first-order valence-corrected chi connectivity index (χ1v) is 20.8.